The second kappa shape index (κ2) is 5.99. The van der Waals surface area contributed by atoms with Gasteiger partial charge in [0.05, 0.1) is 6.61 Å². The number of carbonyl (C=O) groups is 1. The first-order chi connectivity index (χ1) is 8.73. The lowest BCUT2D eigenvalue weighted by Crippen LogP contribution is -2.55. The van der Waals surface area contributed by atoms with Crippen LogP contribution in [0.4, 0.5) is 0 Å². The van der Waals surface area contributed by atoms with Crippen molar-refractivity contribution in [2.24, 2.45) is 5.92 Å². The average Bonchev–Trinajstić information content (AvgIpc) is 3.08. The number of esters is 1. The van der Waals surface area contributed by atoms with Crippen LogP contribution < -0.4 is 5.32 Å². The van der Waals surface area contributed by atoms with Crippen LogP contribution in [0.2, 0.25) is 0 Å². The van der Waals surface area contributed by atoms with Gasteiger partial charge >= 0.3 is 5.97 Å². The summed E-state index contributed by atoms with van der Waals surface area (Å²) in [6.07, 6.45) is 3.70. The van der Waals surface area contributed by atoms with Crippen LogP contribution in [0.15, 0.2) is 10.7 Å². The Bertz CT molecular complexity index is 395. The summed E-state index contributed by atoms with van der Waals surface area (Å²) in [5.74, 6) is 0.872. The van der Waals surface area contributed by atoms with Crippen LogP contribution in [0.25, 0.3) is 0 Å². The second-order valence-corrected chi connectivity index (χ2v) is 6.21. The number of likely N-dealkylation sites (N-methyl/N-ethyl adjacent to an activating group) is 1. The molecular weight excluding hydrogens is 270 g/mol. The summed E-state index contributed by atoms with van der Waals surface area (Å²) in [5.41, 5.74) is -0.577. The van der Waals surface area contributed by atoms with E-state index in [1.165, 1.54) is 17.9 Å². The molecule has 0 aliphatic heterocycles. The van der Waals surface area contributed by atoms with Crippen molar-refractivity contribution in [2.45, 2.75) is 29.6 Å². The van der Waals surface area contributed by atoms with Crippen molar-refractivity contribution in [2.75, 3.05) is 19.4 Å². The number of aromatic nitrogens is 2. The lowest BCUT2D eigenvalue weighted by atomic mass is 9.96. The lowest BCUT2D eigenvalue weighted by molar-refractivity contribution is -0.150. The maximum absolute atomic E-state index is 12.2. The number of hydrogen-bond donors (Lipinski definition) is 1. The van der Waals surface area contributed by atoms with Gasteiger partial charge in [0, 0.05) is 5.75 Å². The fraction of sp³-hybridized carbons (Fsp3) is 0.727. The molecule has 1 unspecified atom stereocenters. The molecule has 18 heavy (non-hydrogen) atoms. The van der Waals surface area contributed by atoms with Crippen LogP contribution in [0.1, 0.15) is 19.8 Å². The monoisotopic (exact) mass is 287 g/mol. The van der Waals surface area contributed by atoms with E-state index in [-0.39, 0.29) is 5.97 Å². The molecule has 0 spiro atoms. The molecule has 1 atom stereocenters. The first kappa shape index (κ1) is 13.8. The molecule has 0 aromatic carbocycles. The Balaban J connectivity index is 2.06. The van der Waals surface area contributed by atoms with E-state index < -0.39 is 5.54 Å². The number of rotatable bonds is 7. The molecule has 1 aromatic rings. The van der Waals surface area contributed by atoms with Gasteiger partial charge < -0.3 is 10.1 Å². The van der Waals surface area contributed by atoms with Gasteiger partial charge in [-0.15, -0.1) is 0 Å². The summed E-state index contributed by atoms with van der Waals surface area (Å²) < 4.78 is 10.1. The summed E-state index contributed by atoms with van der Waals surface area (Å²) >= 11 is 2.92. The van der Waals surface area contributed by atoms with E-state index in [4.69, 9.17) is 4.74 Å². The fourth-order valence-electron chi connectivity index (χ4n) is 1.96. The van der Waals surface area contributed by atoms with Gasteiger partial charge in [-0.3, -0.25) is 4.79 Å². The molecule has 0 bridgehead atoms. The summed E-state index contributed by atoms with van der Waals surface area (Å²) in [5, 5.41) is 3.19. The van der Waals surface area contributed by atoms with Gasteiger partial charge in [-0.05, 0) is 44.3 Å². The van der Waals surface area contributed by atoms with E-state index in [2.05, 4.69) is 14.7 Å². The lowest BCUT2D eigenvalue weighted by Gasteiger charge is -2.30. The molecule has 1 heterocycles. The topological polar surface area (TPSA) is 64.1 Å². The molecule has 1 aliphatic rings. The highest BCUT2D eigenvalue weighted by atomic mass is 32.2. The zero-order valence-corrected chi connectivity index (χ0v) is 12.1. The summed E-state index contributed by atoms with van der Waals surface area (Å²) in [7, 11) is 1.83. The average molecular weight is 287 g/mol. The van der Waals surface area contributed by atoms with E-state index >= 15 is 0 Å². The highest BCUT2D eigenvalue weighted by molar-refractivity contribution is 8.01. The molecule has 1 N–H and O–H groups in total. The van der Waals surface area contributed by atoms with Gasteiger partial charge in [-0.1, -0.05) is 11.8 Å². The zero-order chi connectivity index (χ0) is 13.0. The number of hydrogen-bond acceptors (Lipinski definition) is 7. The van der Waals surface area contributed by atoms with E-state index in [1.807, 2.05) is 14.0 Å². The van der Waals surface area contributed by atoms with Crippen LogP contribution in [0.3, 0.4) is 0 Å². The third-order valence-electron chi connectivity index (χ3n) is 3.12. The van der Waals surface area contributed by atoms with Gasteiger partial charge in [0.15, 0.2) is 4.34 Å². The van der Waals surface area contributed by atoms with E-state index in [1.54, 1.807) is 11.8 Å². The van der Waals surface area contributed by atoms with E-state index in [0.29, 0.717) is 18.3 Å². The number of thioether (sulfide) groups is 1. The largest absolute Gasteiger partial charge is 0.465 e. The Hall–Kier alpha value is -0.660. The fourth-order valence-corrected chi connectivity index (χ4v) is 3.73. The first-order valence-corrected chi connectivity index (χ1v) is 7.74. The van der Waals surface area contributed by atoms with Crippen molar-refractivity contribution in [1.29, 1.82) is 0 Å². The van der Waals surface area contributed by atoms with Crippen LogP contribution in [-0.2, 0) is 9.53 Å². The minimum atomic E-state index is -0.577. The van der Waals surface area contributed by atoms with Crippen molar-refractivity contribution in [3.8, 4) is 0 Å². The van der Waals surface area contributed by atoms with Crippen molar-refractivity contribution >= 4 is 29.3 Å². The normalized spacial score (nSPS) is 18.3. The van der Waals surface area contributed by atoms with Crippen LogP contribution in [0.5, 0.6) is 0 Å². The molecule has 0 amide bonds. The van der Waals surface area contributed by atoms with Crippen LogP contribution >= 0.6 is 23.3 Å². The number of nitrogens with one attached hydrogen (secondary N) is 1. The maximum atomic E-state index is 12.2. The van der Waals surface area contributed by atoms with Gasteiger partial charge in [0.2, 0.25) is 0 Å². The van der Waals surface area contributed by atoms with Crippen LogP contribution in [-0.4, -0.2) is 40.3 Å². The molecule has 1 fully saturated rings. The molecule has 2 rings (SSSR count). The molecule has 1 aliphatic carbocycles. The number of ether oxygens (including phenoxy) is 1. The molecule has 5 nitrogen and oxygen atoms in total. The Morgan fingerprint density at radius 3 is 3.00 bits per heavy atom. The second-order valence-electron chi connectivity index (χ2n) is 4.21. The highest BCUT2D eigenvalue weighted by Gasteiger charge is 2.51. The highest BCUT2D eigenvalue weighted by Crippen LogP contribution is 2.43. The van der Waals surface area contributed by atoms with Gasteiger partial charge in [0.1, 0.15) is 11.9 Å². The predicted octanol–water partition coefficient (Wildman–Crippen LogP) is 1.56. The molecule has 1 aromatic heterocycles. The minimum Gasteiger partial charge on any atom is -0.465 e. The molecule has 1 saturated carbocycles. The van der Waals surface area contributed by atoms with Gasteiger partial charge in [-0.25, -0.2) is 4.98 Å². The Labute approximate surface area is 115 Å². The molecule has 100 valence electrons. The van der Waals surface area contributed by atoms with Crippen molar-refractivity contribution in [1.82, 2.24) is 14.7 Å². The first-order valence-electron chi connectivity index (χ1n) is 5.98. The summed E-state index contributed by atoms with van der Waals surface area (Å²) in [6, 6.07) is 0. The van der Waals surface area contributed by atoms with Gasteiger partial charge in [0.25, 0.3) is 0 Å². The van der Waals surface area contributed by atoms with E-state index in [9.17, 15) is 4.79 Å². The molecule has 0 saturated heterocycles. The molecular formula is C11H17N3O2S2. The van der Waals surface area contributed by atoms with Crippen molar-refractivity contribution in [3.05, 3.63) is 6.33 Å². The quantitative estimate of drug-likeness (QED) is 0.606. The third-order valence-corrected chi connectivity index (χ3v) is 5.11. The molecule has 0 radical (unpaired) electrons. The third kappa shape index (κ3) is 2.84. The summed E-state index contributed by atoms with van der Waals surface area (Å²) in [6.45, 7) is 2.25. The molecule has 7 heteroatoms. The Kier molecular flexibility index (Phi) is 4.58. The van der Waals surface area contributed by atoms with Crippen molar-refractivity contribution in [3.63, 3.8) is 0 Å². The number of nitrogens with zero attached hydrogens (tertiary/aromatic N) is 2. The van der Waals surface area contributed by atoms with Gasteiger partial charge in [-0.2, -0.15) is 4.37 Å². The summed E-state index contributed by atoms with van der Waals surface area (Å²) in [4.78, 5) is 16.3. The maximum Gasteiger partial charge on any atom is 0.327 e. The predicted molar refractivity (Wildman–Crippen MR) is 71.8 cm³/mol. The Morgan fingerprint density at radius 1 is 1.72 bits per heavy atom. The zero-order valence-electron chi connectivity index (χ0n) is 10.5. The standard InChI is InChI=1S/C11H17N3O2S2/c1-3-16-9(15)11(12-2,8-4-5-8)6-17-10-13-7-14-18-10/h7-8,12H,3-6H2,1-2H3. The smallest absolute Gasteiger partial charge is 0.327 e. The minimum absolute atomic E-state index is 0.146. The van der Waals surface area contributed by atoms with Crippen LogP contribution in [0, 0.1) is 5.92 Å². The van der Waals surface area contributed by atoms with Crippen molar-refractivity contribution < 1.29 is 9.53 Å². The number of carbonyl (C=O) groups excluding carboxylic acids is 1. The van der Waals surface area contributed by atoms with E-state index in [0.717, 1.165) is 17.2 Å². The Morgan fingerprint density at radius 2 is 2.50 bits per heavy atom. The SMILES string of the molecule is CCOC(=O)C(CSc1ncns1)(NC)C1CC1.